The van der Waals surface area contributed by atoms with Gasteiger partial charge in [0.1, 0.15) is 12.5 Å². The van der Waals surface area contributed by atoms with Crippen LogP contribution in [0, 0.1) is 17.3 Å². The summed E-state index contributed by atoms with van der Waals surface area (Å²) in [7, 11) is 0. The monoisotopic (exact) mass is 522 g/mol. The molecule has 6 aliphatic rings. The number of ether oxygens (including phenoxy) is 2. The predicted octanol–water partition coefficient (Wildman–Crippen LogP) is 5.11. The van der Waals surface area contributed by atoms with E-state index < -0.39 is 11.5 Å². The number of fused-ring (bicyclic) bond motifs is 2. The molecule has 5 heterocycles. The van der Waals surface area contributed by atoms with Crippen LogP contribution in [0.2, 0.25) is 0 Å². The number of carbonyl (C=O) groups is 1. The normalized spacial score (nSPS) is 45.0. The molecule has 0 radical (unpaired) electrons. The van der Waals surface area contributed by atoms with E-state index in [1.54, 1.807) is 0 Å². The number of aliphatic hydroxyl groups is 1. The van der Waals surface area contributed by atoms with Crippen molar-refractivity contribution in [1.29, 1.82) is 0 Å². The van der Waals surface area contributed by atoms with Crippen molar-refractivity contribution in [1.82, 2.24) is 9.80 Å². The van der Waals surface area contributed by atoms with Crippen LogP contribution in [0.15, 0.2) is 48.6 Å². The predicted molar refractivity (Wildman–Crippen MR) is 148 cm³/mol. The van der Waals surface area contributed by atoms with Crippen LogP contribution in [0.1, 0.15) is 77.0 Å². The van der Waals surface area contributed by atoms with Crippen LogP contribution in [-0.4, -0.2) is 71.2 Å². The van der Waals surface area contributed by atoms with Gasteiger partial charge in [-0.15, -0.1) is 0 Å². The Balaban J connectivity index is 1.25. The van der Waals surface area contributed by atoms with E-state index in [-0.39, 0.29) is 30.4 Å². The van der Waals surface area contributed by atoms with Crippen LogP contribution < -0.4 is 0 Å². The molecule has 208 valence electrons. The summed E-state index contributed by atoms with van der Waals surface area (Å²) in [5, 5.41) is 11.4. The van der Waals surface area contributed by atoms with Gasteiger partial charge < -0.3 is 19.5 Å². The summed E-state index contributed by atoms with van der Waals surface area (Å²) in [6, 6.07) is 0. The van der Waals surface area contributed by atoms with Crippen molar-refractivity contribution in [2.45, 2.75) is 108 Å². The van der Waals surface area contributed by atoms with Crippen molar-refractivity contribution in [3.63, 3.8) is 0 Å². The molecule has 4 fully saturated rings. The van der Waals surface area contributed by atoms with Gasteiger partial charge in [0.25, 0.3) is 0 Å². The minimum Gasteiger partial charge on any atom is -0.388 e. The lowest BCUT2D eigenvalue weighted by molar-refractivity contribution is -0.241. The highest BCUT2D eigenvalue weighted by molar-refractivity contribution is 5.78. The first-order valence-corrected chi connectivity index (χ1v) is 15.3. The molecular formula is C32H46N2O4. The Kier molecular flexibility index (Phi) is 8.22. The maximum atomic E-state index is 13.3. The number of nitrogens with zero attached hydrogens (tertiary/aromatic N) is 2. The van der Waals surface area contributed by atoms with Gasteiger partial charge in [-0.05, 0) is 69.6 Å². The Morgan fingerprint density at radius 3 is 2.63 bits per heavy atom. The van der Waals surface area contributed by atoms with Gasteiger partial charge in [0.05, 0.1) is 30.1 Å². The molecular weight excluding hydrogens is 476 g/mol. The number of hydrogen-bond acceptors (Lipinski definition) is 5. The molecule has 0 aromatic rings. The largest absolute Gasteiger partial charge is 0.388 e. The third kappa shape index (κ3) is 5.22. The van der Waals surface area contributed by atoms with Crippen molar-refractivity contribution in [2.75, 3.05) is 19.6 Å². The lowest BCUT2D eigenvalue weighted by Gasteiger charge is -2.57. The maximum Gasteiger partial charge on any atom is 0.227 e. The molecule has 8 atom stereocenters. The minimum absolute atomic E-state index is 0.0671. The average Bonchev–Trinajstić information content (AvgIpc) is 2.93. The summed E-state index contributed by atoms with van der Waals surface area (Å²) >= 11 is 0. The Labute approximate surface area is 228 Å². The third-order valence-corrected chi connectivity index (χ3v) is 10.2. The molecule has 1 spiro atoms. The fourth-order valence-corrected chi connectivity index (χ4v) is 8.17. The molecule has 1 aliphatic carbocycles. The summed E-state index contributed by atoms with van der Waals surface area (Å²) < 4.78 is 13.5. The second-order valence-corrected chi connectivity index (χ2v) is 12.4. The molecule has 6 nitrogen and oxygen atoms in total. The fourth-order valence-electron chi connectivity index (χ4n) is 8.17. The van der Waals surface area contributed by atoms with Crippen molar-refractivity contribution < 1.29 is 19.4 Å². The highest BCUT2D eigenvalue weighted by atomic mass is 16.5. The van der Waals surface area contributed by atoms with Gasteiger partial charge in [-0.3, -0.25) is 9.69 Å². The molecule has 0 aromatic heterocycles. The van der Waals surface area contributed by atoms with E-state index in [4.69, 9.17) is 9.47 Å². The van der Waals surface area contributed by atoms with Gasteiger partial charge >= 0.3 is 0 Å². The number of carbonyl (C=O) groups excluding carboxylic acids is 1. The zero-order valence-electron chi connectivity index (χ0n) is 22.8. The number of amides is 1. The van der Waals surface area contributed by atoms with Gasteiger partial charge in [-0.2, -0.15) is 0 Å². The Bertz CT molecular complexity index is 959. The van der Waals surface area contributed by atoms with E-state index in [1.165, 1.54) is 25.7 Å². The van der Waals surface area contributed by atoms with E-state index in [1.807, 2.05) is 11.0 Å². The van der Waals surface area contributed by atoms with Crippen LogP contribution >= 0.6 is 0 Å². The highest BCUT2D eigenvalue weighted by Crippen LogP contribution is 2.52. The van der Waals surface area contributed by atoms with Crippen molar-refractivity contribution >= 4 is 5.91 Å². The molecule has 1 amide bonds. The smallest absolute Gasteiger partial charge is 0.227 e. The Morgan fingerprint density at radius 2 is 1.71 bits per heavy atom. The molecule has 1 N–H and O–H groups in total. The van der Waals surface area contributed by atoms with Gasteiger partial charge in [0.2, 0.25) is 5.91 Å². The molecule has 4 bridgehead atoms. The zero-order chi connectivity index (χ0) is 26.0. The average molecular weight is 523 g/mol. The fraction of sp³-hybridized carbons (Fsp3) is 0.719. The quantitative estimate of drug-likeness (QED) is 0.448. The van der Waals surface area contributed by atoms with E-state index in [9.17, 15) is 9.90 Å². The van der Waals surface area contributed by atoms with E-state index in [2.05, 4.69) is 47.4 Å². The van der Waals surface area contributed by atoms with Gasteiger partial charge in [-0.1, -0.05) is 61.4 Å². The number of rotatable bonds is 0. The highest BCUT2D eigenvalue weighted by Gasteiger charge is 2.57. The van der Waals surface area contributed by atoms with Crippen LogP contribution in [-0.2, 0) is 14.3 Å². The Hall–Kier alpha value is -1.73. The van der Waals surface area contributed by atoms with Crippen LogP contribution in [0.3, 0.4) is 0 Å². The Morgan fingerprint density at radius 1 is 0.842 bits per heavy atom. The van der Waals surface area contributed by atoms with Crippen molar-refractivity contribution in [2.24, 2.45) is 17.3 Å². The summed E-state index contributed by atoms with van der Waals surface area (Å²) in [4.78, 5) is 17.8. The number of hydrogen-bond donors (Lipinski definition) is 1. The first-order chi connectivity index (χ1) is 18.6. The molecule has 6 rings (SSSR count). The molecule has 0 unspecified atom stereocenters. The SMILES string of the molecule is O=C1C[C@H]2CCCC[C@H]3CC[C@H]4CCCN(C/C=C/C=C/C=C/[C@H]5CC=C[C@@H](O)[C@]56CCCN1[C@H]6O2)[C@H]4O3. The van der Waals surface area contributed by atoms with Crippen LogP contribution in [0.5, 0.6) is 0 Å². The number of piperidine rings is 2. The summed E-state index contributed by atoms with van der Waals surface area (Å²) in [5.74, 6) is 0.994. The number of allylic oxidation sites excluding steroid dienone is 6. The second kappa shape index (κ2) is 11.8. The molecule has 4 saturated heterocycles. The van der Waals surface area contributed by atoms with Gasteiger partial charge in [-0.25, -0.2) is 0 Å². The van der Waals surface area contributed by atoms with E-state index in [0.717, 1.165) is 64.6 Å². The third-order valence-electron chi connectivity index (χ3n) is 10.2. The maximum absolute atomic E-state index is 13.3. The van der Waals surface area contributed by atoms with Crippen LogP contribution in [0.25, 0.3) is 0 Å². The van der Waals surface area contributed by atoms with E-state index >= 15 is 0 Å². The molecule has 6 heteroatoms. The summed E-state index contributed by atoms with van der Waals surface area (Å²) in [6.45, 7) is 2.79. The minimum atomic E-state index is -0.614. The van der Waals surface area contributed by atoms with E-state index in [0.29, 0.717) is 18.4 Å². The van der Waals surface area contributed by atoms with Crippen molar-refractivity contribution in [3.05, 3.63) is 48.6 Å². The van der Waals surface area contributed by atoms with Gasteiger partial charge in [0, 0.05) is 19.6 Å². The molecule has 5 aliphatic heterocycles. The molecule has 0 saturated carbocycles. The molecule has 0 aromatic carbocycles. The zero-order valence-corrected chi connectivity index (χ0v) is 22.8. The summed E-state index contributed by atoms with van der Waals surface area (Å²) in [6.07, 6.45) is 28.8. The lowest BCUT2D eigenvalue weighted by Crippen LogP contribution is -2.66. The number of aliphatic hydroxyl groups excluding tert-OH is 1. The summed E-state index contributed by atoms with van der Waals surface area (Å²) in [5.41, 5.74) is -0.488. The van der Waals surface area contributed by atoms with Crippen LogP contribution in [0.4, 0.5) is 0 Å². The lowest BCUT2D eigenvalue weighted by atomic mass is 9.61. The first-order valence-electron chi connectivity index (χ1n) is 15.3. The van der Waals surface area contributed by atoms with Gasteiger partial charge in [0.15, 0.2) is 0 Å². The standard InChI is InChI=1S/C32H46N2O4/c35-28-16-8-13-25-12-4-2-1-3-7-20-33-21-9-11-24-17-18-26(37-30(24)33)14-5-6-15-27-23-29(36)34-22-10-19-32(25,28)31(34)38-27/h1-4,7-8,12,16,24-28,30-31,35H,5-6,9-11,13-15,17-23H2/b2-1+,7-3+,12-4+/t24-,25+,26+,27-,28-,30+,31+,32+/m1/s1. The molecule has 38 heavy (non-hydrogen) atoms. The first kappa shape index (κ1) is 26.5. The topological polar surface area (TPSA) is 62.2 Å². The second-order valence-electron chi connectivity index (χ2n) is 12.4. The van der Waals surface area contributed by atoms with Crippen molar-refractivity contribution in [3.8, 4) is 0 Å².